The molecule has 0 aliphatic rings. The minimum atomic E-state index is -4.81. The molecule has 0 atom stereocenters. The van der Waals surface area contributed by atoms with E-state index in [9.17, 15) is 26.3 Å². The summed E-state index contributed by atoms with van der Waals surface area (Å²) in [6.45, 7) is 0. The van der Waals surface area contributed by atoms with Gasteiger partial charge in [0.2, 0.25) is 0 Å². The molecule has 0 amide bonds. The second kappa shape index (κ2) is 6.26. The Bertz CT molecular complexity index is 1170. The molecule has 0 spiro atoms. The van der Waals surface area contributed by atoms with Crippen molar-refractivity contribution >= 4 is 21.5 Å². The molecule has 28 heavy (non-hydrogen) atoms. The summed E-state index contributed by atoms with van der Waals surface area (Å²) in [7, 11) is 0. The summed E-state index contributed by atoms with van der Waals surface area (Å²) in [5, 5.41) is -1.83. The van der Waals surface area contributed by atoms with Gasteiger partial charge in [0.25, 0.3) is 0 Å². The molecule has 0 radical (unpaired) electrons. The average molecular weight is 390 g/mol. The van der Waals surface area contributed by atoms with Crippen molar-refractivity contribution < 1.29 is 26.3 Å². The van der Waals surface area contributed by atoms with Crippen molar-refractivity contribution in [3.63, 3.8) is 0 Å². The maximum Gasteiger partial charge on any atom is 0.417 e. The second-order valence-electron chi connectivity index (χ2n) is 6.42. The van der Waals surface area contributed by atoms with Crippen LogP contribution >= 0.6 is 0 Å². The first-order valence-electron chi connectivity index (χ1n) is 8.36. The molecule has 4 aromatic carbocycles. The van der Waals surface area contributed by atoms with Gasteiger partial charge < -0.3 is 0 Å². The second-order valence-corrected chi connectivity index (χ2v) is 6.42. The van der Waals surface area contributed by atoms with Gasteiger partial charge in [-0.3, -0.25) is 0 Å². The Morgan fingerprint density at radius 2 is 0.893 bits per heavy atom. The van der Waals surface area contributed by atoms with Crippen LogP contribution in [0.4, 0.5) is 26.3 Å². The summed E-state index contributed by atoms with van der Waals surface area (Å²) in [6, 6.07) is 17.1. The van der Waals surface area contributed by atoms with Gasteiger partial charge in [-0.25, -0.2) is 0 Å². The molecule has 0 aliphatic heterocycles. The number of halogens is 6. The topological polar surface area (TPSA) is 0 Å². The quantitative estimate of drug-likeness (QED) is 0.231. The van der Waals surface area contributed by atoms with Gasteiger partial charge in [-0.15, -0.1) is 0 Å². The molecule has 0 saturated carbocycles. The van der Waals surface area contributed by atoms with Crippen LogP contribution in [-0.2, 0) is 12.4 Å². The van der Waals surface area contributed by atoms with Crippen molar-refractivity contribution in [2.24, 2.45) is 0 Å². The maximum absolute atomic E-state index is 13.9. The number of rotatable bonds is 1. The lowest BCUT2D eigenvalue weighted by atomic mass is 9.89. The molecule has 142 valence electrons. The monoisotopic (exact) mass is 390 g/mol. The molecule has 0 aliphatic carbocycles. The van der Waals surface area contributed by atoms with E-state index in [1.54, 1.807) is 30.3 Å². The molecular weight excluding hydrogens is 378 g/mol. The minimum absolute atomic E-state index is 0.419. The summed E-state index contributed by atoms with van der Waals surface area (Å²) >= 11 is 0. The molecule has 0 unspecified atom stereocenters. The van der Waals surface area contributed by atoms with Crippen LogP contribution in [0, 0.1) is 0 Å². The Hall–Kier alpha value is -3.02. The van der Waals surface area contributed by atoms with Crippen LogP contribution in [0.2, 0.25) is 0 Å². The highest BCUT2D eigenvalue weighted by Crippen LogP contribution is 2.47. The first-order valence-corrected chi connectivity index (χ1v) is 8.36. The van der Waals surface area contributed by atoms with E-state index in [4.69, 9.17) is 0 Å². The lowest BCUT2D eigenvalue weighted by molar-refractivity contribution is -0.137. The lowest BCUT2D eigenvalue weighted by Crippen LogP contribution is -2.12. The van der Waals surface area contributed by atoms with Gasteiger partial charge in [-0.05, 0) is 38.7 Å². The summed E-state index contributed by atoms with van der Waals surface area (Å²) in [5.74, 6) is 0. The molecule has 0 heterocycles. The van der Waals surface area contributed by atoms with Crippen molar-refractivity contribution in [1.29, 1.82) is 0 Å². The van der Waals surface area contributed by atoms with Gasteiger partial charge in [-0.1, -0.05) is 66.7 Å². The molecule has 0 aromatic heterocycles. The molecule has 0 bridgehead atoms. The number of fused-ring (bicyclic) bond motifs is 2. The van der Waals surface area contributed by atoms with Crippen molar-refractivity contribution in [2.75, 3.05) is 0 Å². The third-order valence-electron chi connectivity index (χ3n) is 4.70. The molecule has 6 heteroatoms. The van der Waals surface area contributed by atoms with E-state index in [1.807, 2.05) is 0 Å². The van der Waals surface area contributed by atoms with E-state index < -0.39 is 45.0 Å². The molecule has 0 saturated heterocycles. The Balaban J connectivity index is 2.22. The smallest absolute Gasteiger partial charge is 0.166 e. The van der Waals surface area contributed by atoms with Crippen LogP contribution < -0.4 is 0 Å². The summed E-state index contributed by atoms with van der Waals surface area (Å²) in [6.07, 6.45) is -9.60. The van der Waals surface area contributed by atoms with E-state index in [2.05, 4.69) is 0 Å². The fraction of sp³-hybridized carbons (Fsp3) is 0.0909. The first-order chi connectivity index (χ1) is 13.2. The molecule has 4 rings (SSSR count). The van der Waals surface area contributed by atoms with E-state index in [0.29, 0.717) is 11.1 Å². The normalized spacial score (nSPS) is 12.6. The Morgan fingerprint density at radius 1 is 0.429 bits per heavy atom. The number of benzene rings is 4. The van der Waals surface area contributed by atoms with Gasteiger partial charge >= 0.3 is 12.4 Å². The summed E-state index contributed by atoms with van der Waals surface area (Å²) < 4.78 is 83.2. The first kappa shape index (κ1) is 18.3. The Kier molecular flexibility index (Phi) is 4.10. The maximum atomic E-state index is 13.9. The van der Waals surface area contributed by atoms with Crippen molar-refractivity contribution in [1.82, 2.24) is 0 Å². The molecule has 0 nitrogen and oxygen atoms in total. The Morgan fingerprint density at radius 3 is 1.43 bits per heavy atom. The summed E-state index contributed by atoms with van der Waals surface area (Å²) in [5.41, 5.74) is -1.06. The van der Waals surface area contributed by atoms with Gasteiger partial charge in [-0.2, -0.15) is 26.3 Å². The van der Waals surface area contributed by atoms with E-state index in [0.717, 1.165) is 18.2 Å². The highest BCUT2D eigenvalue weighted by molar-refractivity contribution is 6.07. The third kappa shape index (κ3) is 2.99. The van der Waals surface area contributed by atoms with Crippen LogP contribution in [0.5, 0.6) is 0 Å². The zero-order valence-electron chi connectivity index (χ0n) is 14.2. The minimum Gasteiger partial charge on any atom is -0.166 e. The largest absolute Gasteiger partial charge is 0.417 e. The SMILES string of the molecule is FC(F)(F)c1c2ccccc2c(C(F)(F)F)c2cc(-c3ccccc3)ccc12. The number of hydrogen-bond acceptors (Lipinski definition) is 0. The van der Waals surface area contributed by atoms with Crippen molar-refractivity contribution in [2.45, 2.75) is 12.4 Å². The predicted octanol–water partition coefficient (Wildman–Crippen LogP) is 7.70. The fourth-order valence-electron chi connectivity index (χ4n) is 3.60. The lowest BCUT2D eigenvalue weighted by Gasteiger charge is -2.20. The molecule has 0 N–H and O–H groups in total. The van der Waals surface area contributed by atoms with E-state index in [1.165, 1.54) is 24.3 Å². The Labute approximate surface area is 156 Å². The van der Waals surface area contributed by atoms with Crippen LogP contribution in [0.25, 0.3) is 32.7 Å². The van der Waals surface area contributed by atoms with Gasteiger partial charge in [0.15, 0.2) is 0 Å². The zero-order chi connectivity index (χ0) is 20.1. The standard InChI is InChI=1S/C22H12F6/c23-21(24,25)19-15-8-4-5-9-16(15)20(22(26,27)28)18-12-14(10-11-17(18)19)13-6-2-1-3-7-13/h1-12H. The van der Waals surface area contributed by atoms with Gasteiger partial charge in [0.1, 0.15) is 0 Å². The highest BCUT2D eigenvalue weighted by atomic mass is 19.4. The van der Waals surface area contributed by atoms with E-state index in [-0.39, 0.29) is 0 Å². The molecular formula is C22H12F6. The van der Waals surface area contributed by atoms with Crippen LogP contribution in [0.15, 0.2) is 72.8 Å². The number of alkyl halides is 6. The van der Waals surface area contributed by atoms with Crippen LogP contribution in [-0.4, -0.2) is 0 Å². The fourth-order valence-corrected chi connectivity index (χ4v) is 3.60. The van der Waals surface area contributed by atoms with Gasteiger partial charge in [0.05, 0.1) is 11.1 Å². The van der Waals surface area contributed by atoms with Crippen LogP contribution in [0.3, 0.4) is 0 Å². The van der Waals surface area contributed by atoms with Gasteiger partial charge in [0, 0.05) is 0 Å². The van der Waals surface area contributed by atoms with Crippen molar-refractivity contribution in [3.05, 3.63) is 83.9 Å². The zero-order valence-corrected chi connectivity index (χ0v) is 14.2. The average Bonchev–Trinajstić information content (AvgIpc) is 2.64. The van der Waals surface area contributed by atoms with Crippen LogP contribution in [0.1, 0.15) is 11.1 Å². The third-order valence-corrected chi connectivity index (χ3v) is 4.70. The predicted molar refractivity (Wildman–Crippen MR) is 96.9 cm³/mol. The molecule has 4 aromatic rings. The van der Waals surface area contributed by atoms with Crippen molar-refractivity contribution in [3.8, 4) is 11.1 Å². The highest BCUT2D eigenvalue weighted by Gasteiger charge is 2.40. The number of hydrogen-bond donors (Lipinski definition) is 0. The molecule has 0 fully saturated rings. The summed E-state index contributed by atoms with van der Waals surface area (Å²) in [4.78, 5) is 0. The van der Waals surface area contributed by atoms with E-state index >= 15 is 0 Å².